The third kappa shape index (κ3) is 4.47. The molecule has 2 aromatic carbocycles. The zero-order valence-electron chi connectivity index (χ0n) is 12.4. The molecule has 21 heavy (non-hydrogen) atoms. The second-order valence-corrected chi connectivity index (χ2v) is 6.29. The van der Waals surface area contributed by atoms with Gasteiger partial charge in [-0.05, 0) is 41.9 Å². The molecule has 0 fully saturated rings. The van der Waals surface area contributed by atoms with E-state index < -0.39 is 0 Å². The van der Waals surface area contributed by atoms with Crippen molar-refractivity contribution in [2.24, 2.45) is 0 Å². The minimum Gasteiger partial charge on any atom is -0.370 e. The van der Waals surface area contributed by atoms with Crippen molar-refractivity contribution in [1.82, 2.24) is 5.32 Å². The van der Waals surface area contributed by atoms with Crippen LogP contribution in [0.4, 0.5) is 5.69 Å². The summed E-state index contributed by atoms with van der Waals surface area (Å²) < 4.78 is 1.14. The summed E-state index contributed by atoms with van der Waals surface area (Å²) in [5.41, 5.74) is 3.69. The maximum atomic E-state index is 6.13. The van der Waals surface area contributed by atoms with Crippen LogP contribution in [0.1, 0.15) is 18.1 Å². The number of halogens is 2. The third-order valence-corrected chi connectivity index (χ3v) is 4.39. The number of hydrogen-bond donors (Lipinski definition) is 1. The minimum atomic E-state index is 0.779. The fourth-order valence-corrected chi connectivity index (χ4v) is 2.90. The molecule has 0 radical (unpaired) electrons. The quantitative estimate of drug-likeness (QED) is 0.785. The zero-order valence-corrected chi connectivity index (χ0v) is 14.7. The molecule has 0 bridgehead atoms. The Hall–Kier alpha value is -1.03. The van der Waals surface area contributed by atoms with E-state index in [1.54, 1.807) is 0 Å². The molecular formula is C17H20BrClN2. The SMILES string of the molecule is CCNCc1cc(Cl)ccc1N(C)Cc1ccccc1Br. The highest BCUT2D eigenvalue weighted by Crippen LogP contribution is 2.26. The van der Waals surface area contributed by atoms with Crippen molar-refractivity contribution in [2.75, 3.05) is 18.5 Å². The molecule has 2 nitrogen and oxygen atoms in total. The molecule has 0 saturated carbocycles. The van der Waals surface area contributed by atoms with Gasteiger partial charge in [-0.1, -0.05) is 52.7 Å². The van der Waals surface area contributed by atoms with Crippen LogP contribution >= 0.6 is 27.5 Å². The lowest BCUT2D eigenvalue weighted by molar-refractivity contribution is 0.723. The summed E-state index contributed by atoms with van der Waals surface area (Å²) in [6.07, 6.45) is 0. The zero-order chi connectivity index (χ0) is 15.2. The van der Waals surface area contributed by atoms with Gasteiger partial charge in [0.1, 0.15) is 0 Å². The van der Waals surface area contributed by atoms with Crippen LogP contribution in [0.2, 0.25) is 5.02 Å². The second-order valence-electron chi connectivity index (χ2n) is 5.00. The van der Waals surface area contributed by atoms with Gasteiger partial charge in [0.15, 0.2) is 0 Å². The van der Waals surface area contributed by atoms with E-state index in [0.717, 1.165) is 29.1 Å². The van der Waals surface area contributed by atoms with E-state index in [2.05, 4.69) is 64.4 Å². The van der Waals surface area contributed by atoms with Crippen LogP contribution in [-0.2, 0) is 13.1 Å². The number of benzene rings is 2. The van der Waals surface area contributed by atoms with Gasteiger partial charge in [-0.25, -0.2) is 0 Å². The van der Waals surface area contributed by atoms with E-state index in [0.29, 0.717) is 0 Å². The van der Waals surface area contributed by atoms with Crippen molar-refractivity contribution in [1.29, 1.82) is 0 Å². The van der Waals surface area contributed by atoms with Gasteiger partial charge < -0.3 is 10.2 Å². The van der Waals surface area contributed by atoms with Gasteiger partial charge in [0, 0.05) is 35.3 Å². The first-order chi connectivity index (χ1) is 10.1. The van der Waals surface area contributed by atoms with Crippen molar-refractivity contribution >= 4 is 33.2 Å². The lowest BCUT2D eigenvalue weighted by Crippen LogP contribution is -2.20. The normalized spacial score (nSPS) is 10.7. The highest BCUT2D eigenvalue weighted by atomic mass is 79.9. The number of nitrogens with one attached hydrogen (secondary N) is 1. The summed E-state index contributed by atoms with van der Waals surface area (Å²) in [5, 5.41) is 4.15. The Morgan fingerprint density at radius 2 is 1.90 bits per heavy atom. The summed E-state index contributed by atoms with van der Waals surface area (Å²) in [6.45, 7) is 4.73. The van der Waals surface area contributed by atoms with Crippen LogP contribution in [0.15, 0.2) is 46.9 Å². The Morgan fingerprint density at radius 1 is 1.14 bits per heavy atom. The monoisotopic (exact) mass is 366 g/mol. The van der Waals surface area contributed by atoms with Crippen LogP contribution < -0.4 is 10.2 Å². The molecule has 4 heteroatoms. The van der Waals surface area contributed by atoms with Crippen LogP contribution in [0, 0.1) is 0 Å². The van der Waals surface area contributed by atoms with Gasteiger partial charge in [0.25, 0.3) is 0 Å². The predicted octanol–water partition coefficient (Wildman–Crippen LogP) is 4.85. The van der Waals surface area contributed by atoms with Gasteiger partial charge >= 0.3 is 0 Å². The highest BCUT2D eigenvalue weighted by Gasteiger charge is 2.10. The molecule has 1 N–H and O–H groups in total. The van der Waals surface area contributed by atoms with Gasteiger partial charge in [0.2, 0.25) is 0 Å². The first-order valence-corrected chi connectivity index (χ1v) is 8.22. The molecule has 0 atom stereocenters. The van der Waals surface area contributed by atoms with Crippen molar-refractivity contribution in [3.8, 4) is 0 Å². The number of nitrogens with zero attached hydrogens (tertiary/aromatic N) is 1. The van der Waals surface area contributed by atoms with E-state index in [9.17, 15) is 0 Å². The van der Waals surface area contributed by atoms with Crippen molar-refractivity contribution in [2.45, 2.75) is 20.0 Å². The summed E-state index contributed by atoms with van der Waals surface area (Å²) in [7, 11) is 2.11. The van der Waals surface area contributed by atoms with Crippen molar-refractivity contribution < 1.29 is 0 Å². The van der Waals surface area contributed by atoms with Crippen molar-refractivity contribution in [3.63, 3.8) is 0 Å². The molecule has 2 rings (SSSR count). The molecular weight excluding hydrogens is 348 g/mol. The van der Waals surface area contributed by atoms with E-state index in [4.69, 9.17) is 11.6 Å². The lowest BCUT2D eigenvalue weighted by atomic mass is 10.1. The van der Waals surface area contributed by atoms with Crippen LogP contribution in [0.3, 0.4) is 0 Å². The van der Waals surface area contributed by atoms with Crippen LogP contribution in [0.5, 0.6) is 0 Å². The first kappa shape index (κ1) is 16.3. The Balaban J connectivity index is 2.22. The maximum Gasteiger partial charge on any atom is 0.0437 e. The fourth-order valence-electron chi connectivity index (χ4n) is 2.30. The Morgan fingerprint density at radius 3 is 2.62 bits per heavy atom. The standard InChI is InChI=1S/C17H20BrClN2/c1-3-20-11-14-10-15(19)8-9-17(14)21(2)12-13-6-4-5-7-16(13)18/h4-10,20H,3,11-12H2,1-2H3. The second kappa shape index (κ2) is 7.83. The molecule has 0 unspecified atom stereocenters. The molecule has 112 valence electrons. The third-order valence-electron chi connectivity index (χ3n) is 3.38. The van der Waals surface area contributed by atoms with E-state index >= 15 is 0 Å². The van der Waals surface area contributed by atoms with Gasteiger partial charge in [-0.15, -0.1) is 0 Å². The Bertz CT molecular complexity index is 601. The molecule has 0 aliphatic heterocycles. The summed E-state index contributed by atoms with van der Waals surface area (Å²) >= 11 is 9.74. The molecule has 0 saturated heterocycles. The molecule has 0 amide bonds. The van der Waals surface area contributed by atoms with Gasteiger partial charge in [-0.2, -0.15) is 0 Å². The molecule has 0 aliphatic carbocycles. The maximum absolute atomic E-state index is 6.13. The van der Waals surface area contributed by atoms with Gasteiger partial charge in [0.05, 0.1) is 0 Å². The topological polar surface area (TPSA) is 15.3 Å². The van der Waals surface area contributed by atoms with Crippen molar-refractivity contribution in [3.05, 3.63) is 63.1 Å². The summed E-state index contributed by atoms with van der Waals surface area (Å²) in [5.74, 6) is 0. The van der Waals surface area contributed by atoms with Gasteiger partial charge in [-0.3, -0.25) is 0 Å². The molecule has 2 aromatic rings. The summed E-state index contributed by atoms with van der Waals surface area (Å²) in [4.78, 5) is 2.25. The van der Waals surface area contributed by atoms with E-state index in [-0.39, 0.29) is 0 Å². The molecule has 0 aromatic heterocycles. The largest absolute Gasteiger partial charge is 0.370 e. The fraction of sp³-hybridized carbons (Fsp3) is 0.294. The molecule has 0 spiro atoms. The number of anilines is 1. The predicted molar refractivity (Wildman–Crippen MR) is 95.1 cm³/mol. The molecule has 0 heterocycles. The average molecular weight is 368 g/mol. The van der Waals surface area contributed by atoms with Crippen LogP contribution in [-0.4, -0.2) is 13.6 Å². The summed E-state index contributed by atoms with van der Waals surface area (Å²) in [6, 6.07) is 14.4. The highest BCUT2D eigenvalue weighted by molar-refractivity contribution is 9.10. The average Bonchev–Trinajstić information content (AvgIpc) is 2.47. The number of hydrogen-bond acceptors (Lipinski definition) is 2. The van der Waals surface area contributed by atoms with E-state index in [1.165, 1.54) is 16.8 Å². The Kier molecular flexibility index (Phi) is 6.09. The Labute approximate surface area is 140 Å². The molecule has 0 aliphatic rings. The van der Waals surface area contributed by atoms with E-state index in [1.807, 2.05) is 18.2 Å². The van der Waals surface area contributed by atoms with Crippen LogP contribution in [0.25, 0.3) is 0 Å². The first-order valence-electron chi connectivity index (χ1n) is 7.05. The lowest BCUT2D eigenvalue weighted by Gasteiger charge is -2.23. The smallest absolute Gasteiger partial charge is 0.0437 e. The number of rotatable bonds is 6. The minimum absolute atomic E-state index is 0.779.